The van der Waals surface area contributed by atoms with Gasteiger partial charge in [0.15, 0.2) is 5.78 Å². The zero-order valence-electron chi connectivity index (χ0n) is 8.45. The van der Waals surface area contributed by atoms with E-state index in [2.05, 4.69) is 22.6 Å². The first-order chi connectivity index (χ1) is 7.24. The maximum atomic E-state index is 12.1. The second-order valence-electron chi connectivity index (χ2n) is 4.80. The molecule has 2 aliphatic rings. The van der Waals surface area contributed by atoms with Crippen LogP contribution >= 0.6 is 22.6 Å². The minimum Gasteiger partial charge on any atom is -0.294 e. The van der Waals surface area contributed by atoms with Gasteiger partial charge in [-0.1, -0.05) is 12.1 Å². The molecule has 0 radical (unpaired) electrons. The van der Waals surface area contributed by atoms with Crippen molar-refractivity contribution in [2.45, 2.75) is 19.3 Å². The van der Waals surface area contributed by atoms with Crippen molar-refractivity contribution < 1.29 is 4.79 Å². The molecule has 0 aliphatic heterocycles. The molecule has 0 saturated heterocycles. The van der Waals surface area contributed by atoms with Gasteiger partial charge in [0.2, 0.25) is 0 Å². The maximum Gasteiger partial charge on any atom is 0.165 e. The van der Waals surface area contributed by atoms with Crippen molar-refractivity contribution in [3.63, 3.8) is 0 Å². The van der Waals surface area contributed by atoms with Crippen LogP contribution in [0.1, 0.15) is 29.6 Å². The topological polar surface area (TPSA) is 17.1 Å². The summed E-state index contributed by atoms with van der Waals surface area (Å²) in [4.78, 5) is 12.1. The Morgan fingerprint density at radius 3 is 2.27 bits per heavy atom. The Labute approximate surface area is 103 Å². The fourth-order valence-electron chi connectivity index (χ4n) is 2.78. The fourth-order valence-corrected chi connectivity index (χ4v) is 3.14. The average molecular weight is 312 g/mol. The van der Waals surface area contributed by atoms with Gasteiger partial charge in [0.25, 0.3) is 0 Å². The van der Waals surface area contributed by atoms with E-state index in [9.17, 15) is 4.79 Å². The summed E-state index contributed by atoms with van der Waals surface area (Å²) in [6.45, 7) is 0. The number of ketones is 1. The predicted octanol–water partition coefficient (Wildman–Crippen LogP) is 3.52. The van der Waals surface area contributed by atoms with Crippen molar-refractivity contribution in [1.29, 1.82) is 0 Å². The van der Waals surface area contributed by atoms with Crippen molar-refractivity contribution in [3.05, 3.63) is 33.4 Å². The van der Waals surface area contributed by atoms with Crippen molar-refractivity contribution in [1.82, 2.24) is 0 Å². The Balaban J connectivity index is 1.76. The van der Waals surface area contributed by atoms with Crippen LogP contribution in [0, 0.1) is 21.3 Å². The third kappa shape index (κ3) is 1.84. The van der Waals surface area contributed by atoms with Gasteiger partial charge in [-0.05, 0) is 65.8 Å². The maximum absolute atomic E-state index is 12.1. The normalized spacial score (nSPS) is 32.5. The molecule has 0 amide bonds. The molecule has 3 rings (SSSR count). The Bertz CT molecular complexity index is 386. The molecule has 2 atom stereocenters. The quantitative estimate of drug-likeness (QED) is 0.603. The lowest BCUT2D eigenvalue weighted by molar-refractivity contribution is 0.0914. The van der Waals surface area contributed by atoms with Crippen LogP contribution in [0.25, 0.3) is 0 Å². The molecule has 1 aromatic rings. The van der Waals surface area contributed by atoms with Gasteiger partial charge in [-0.2, -0.15) is 0 Å². The molecule has 1 aromatic carbocycles. The largest absolute Gasteiger partial charge is 0.294 e. The van der Waals surface area contributed by atoms with Crippen molar-refractivity contribution >= 4 is 28.4 Å². The molecule has 2 fully saturated rings. The highest BCUT2D eigenvalue weighted by atomic mass is 127. The fraction of sp³-hybridized carbons (Fsp3) is 0.462. The molecule has 0 N–H and O–H groups in total. The van der Waals surface area contributed by atoms with Gasteiger partial charge in [0.1, 0.15) is 0 Å². The standard InChI is InChI=1S/C13H13IO/c14-12-3-1-8(2-4-12)13(15)11-6-9-5-10(9)7-11/h1-4,9-11H,5-7H2. The lowest BCUT2D eigenvalue weighted by atomic mass is 9.93. The van der Waals surface area contributed by atoms with E-state index in [1.54, 1.807) is 0 Å². The lowest BCUT2D eigenvalue weighted by Gasteiger charge is -2.10. The van der Waals surface area contributed by atoms with E-state index < -0.39 is 0 Å². The molecule has 0 heterocycles. The number of rotatable bonds is 2. The van der Waals surface area contributed by atoms with Gasteiger partial charge >= 0.3 is 0 Å². The van der Waals surface area contributed by atoms with E-state index in [1.165, 1.54) is 9.99 Å². The highest BCUT2D eigenvalue weighted by Gasteiger charge is 2.47. The van der Waals surface area contributed by atoms with Crippen LogP contribution < -0.4 is 0 Å². The van der Waals surface area contributed by atoms with Crippen LogP contribution in [0.4, 0.5) is 0 Å². The molecule has 0 spiro atoms. The summed E-state index contributed by atoms with van der Waals surface area (Å²) in [6.07, 6.45) is 3.68. The molecule has 78 valence electrons. The van der Waals surface area contributed by atoms with Crippen LogP contribution in [-0.2, 0) is 0 Å². The number of Topliss-reactive ketones (excluding diaryl/α,β-unsaturated/α-hetero) is 1. The van der Waals surface area contributed by atoms with Gasteiger partial charge in [-0.25, -0.2) is 0 Å². The summed E-state index contributed by atoms with van der Waals surface area (Å²) in [6, 6.07) is 7.97. The number of fused-ring (bicyclic) bond motifs is 1. The Morgan fingerprint density at radius 1 is 1.07 bits per heavy atom. The van der Waals surface area contributed by atoms with Crippen LogP contribution in [0.15, 0.2) is 24.3 Å². The Morgan fingerprint density at radius 2 is 1.67 bits per heavy atom. The Kier molecular flexibility index (Phi) is 2.34. The third-order valence-corrected chi connectivity index (χ3v) is 4.46. The van der Waals surface area contributed by atoms with Gasteiger partial charge in [-0.3, -0.25) is 4.79 Å². The van der Waals surface area contributed by atoms with E-state index in [1.807, 2.05) is 24.3 Å². The van der Waals surface area contributed by atoms with E-state index in [0.29, 0.717) is 11.7 Å². The first-order valence-corrected chi connectivity index (χ1v) is 6.61. The number of halogens is 1. The number of carbonyl (C=O) groups excluding carboxylic acids is 1. The second-order valence-corrected chi connectivity index (χ2v) is 6.04. The second kappa shape index (κ2) is 3.58. The first-order valence-electron chi connectivity index (χ1n) is 5.54. The molecule has 2 unspecified atom stereocenters. The highest BCUT2D eigenvalue weighted by Crippen LogP contribution is 2.54. The summed E-state index contributed by atoms with van der Waals surface area (Å²) in [5.74, 6) is 2.48. The van der Waals surface area contributed by atoms with Crippen LogP contribution in [-0.4, -0.2) is 5.78 Å². The van der Waals surface area contributed by atoms with Gasteiger partial charge < -0.3 is 0 Å². The molecular formula is C13H13IO. The number of benzene rings is 1. The van der Waals surface area contributed by atoms with Crippen molar-refractivity contribution in [2.75, 3.05) is 0 Å². The summed E-state index contributed by atoms with van der Waals surface area (Å²) in [5, 5.41) is 0. The van der Waals surface area contributed by atoms with Crippen molar-refractivity contribution in [2.24, 2.45) is 17.8 Å². The third-order valence-electron chi connectivity index (χ3n) is 3.74. The minimum absolute atomic E-state index is 0.328. The van der Waals surface area contributed by atoms with Gasteiger partial charge in [-0.15, -0.1) is 0 Å². The SMILES string of the molecule is O=C(c1ccc(I)cc1)C1CC2CC2C1. The Hall–Kier alpha value is -0.380. The van der Waals surface area contributed by atoms with E-state index in [0.717, 1.165) is 30.2 Å². The zero-order valence-corrected chi connectivity index (χ0v) is 10.6. The van der Waals surface area contributed by atoms with Crippen LogP contribution in [0.5, 0.6) is 0 Å². The van der Waals surface area contributed by atoms with Crippen LogP contribution in [0.3, 0.4) is 0 Å². The predicted molar refractivity (Wildman–Crippen MR) is 67.8 cm³/mol. The molecule has 2 saturated carbocycles. The number of hydrogen-bond donors (Lipinski definition) is 0. The highest BCUT2D eigenvalue weighted by molar-refractivity contribution is 14.1. The smallest absolute Gasteiger partial charge is 0.165 e. The van der Waals surface area contributed by atoms with Crippen LogP contribution in [0.2, 0.25) is 0 Å². The molecule has 1 nitrogen and oxygen atoms in total. The van der Waals surface area contributed by atoms with Gasteiger partial charge in [0.05, 0.1) is 0 Å². The first kappa shape index (κ1) is 9.82. The number of hydrogen-bond acceptors (Lipinski definition) is 1. The van der Waals surface area contributed by atoms with E-state index >= 15 is 0 Å². The molecular weight excluding hydrogens is 299 g/mol. The van der Waals surface area contributed by atoms with E-state index in [-0.39, 0.29) is 0 Å². The number of carbonyl (C=O) groups is 1. The molecule has 0 aromatic heterocycles. The average Bonchev–Trinajstić information content (AvgIpc) is 2.86. The van der Waals surface area contributed by atoms with Crippen molar-refractivity contribution in [3.8, 4) is 0 Å². The summed E-state index contributed by atoms with van der Waals surface area (Å²) in [5.41, 5.74) is 0.904. The molecule has 15 heavy (non-hydrogen) atoms. The van der Waals surface area contributed by atoms with Gasteiger partial charge in [0, 0.05) is 15.1 Å². The molecule has 2 aliphatic carbocycles. The molecule has 2 heteroatoms. The monoisotopic (exact) mass is 312 g/mol. The minimum atomic E-state index is 0.328. The van der Waals surface area contributed by atoms with E-state index in [4.69, 9.17) is 0 Å². The lowest BCUT2D eigenvalue weighted by Crippen LogP contribution is -2.12. The zero-order chi connectivity index (χ0) is 10.4. The molecule has 0 bridgehead atoms. The summed E-state index contributed by atoms with van der Waals surface area (Å²) in [7, 11) is 0. The summed E-state index contributed by atoms with van der Waals surface area (Å²) >= 11 is 2.27. The summed E-state index contributed by atoms with van der Waals surface area (Å²) < 4.78 is 1.19.